The van der Waals surface area contributed by atoms with E-state index in [9.17, 15) is 5.11 Å². The van der Waals surface area contributed by atoms with E-state index in [1.807, 2.05) is 0 Å². The van der Waals surface area contributed by atoms with Crippen molar-refractivity contribution in [2.24, 2.45) is 7.05 Å². The van der Waals surface area contributed by atoms with Gasteiger partial charge in [-0.3, -0.25) is 0 Å². The van der Waals surface area contributed by atoms with Crippen LogP contribution in [0.15, 0.2) is 0 Å². The predicted molar refractivity (Wildman–Crippen MR) is 62.8 cm³/mol. The zero-order chi connectivity index (χ0) is 12.1. The van der Waals surface area contributed by atoms with E-state index < -0.39 is 6.10 Å². The van der Waals surface area contributed by atoms with Crippen molar-refractivity contribution in [3.8, 4) is 0 Å². The highest BCUT2D eigenvalue weighted by Gasteiger charge is 2.11. The fraction of sp³-hybridized carbons (Fsp3) is 0.667. The van der Waals surface area contributed by atoms with Crippen LogP contribution in [0.5, 0.6) is 0 Å². The highest BCUT2D eigenvalue weighted by Crippen LogP contribution is 2.18. The summed E-state index contributed by atoms with van der Waals surface area (Å²) >= 11 is 11.7. The molecule has 2 N–H and O–H groups in total. The molecule has 1 heterocycles. The second-order valence-electron chi connectivity index (χ2n) is 3.42. The Hall–Kier alpha value is -0.330. The van der Waals surface area contributed by atoms with E-state index in [0.29, 0.717) is 30.1 Å². The van der Waals surface area contributed by atoms with Crippen LogP contribution in [0, 0.1) is 0 Å². The Labute approximate surface area is 104 Å². The first-order valence-corrected chi connectivity index (χ1v) is 5.56. The van der Waals surface area contributed by atoms with Crippen molar-refractivity contribution in [3.63, 3.8) is 0 Å². The molecule has 16 heavy (non-hydrogen) atoms. The molecule has 7 heteroatoms. The maximum Gasteiger partial charge on any atom is 0.204 e. The Morgan fingerprint density at radius 3 is 2.75 bits per heavy atom. The third-order valence-electron chi connectivity index (χ3n) is 2.14. The number of hydrogen-bond donors (Lipinski definition) is 2. The molecule has 0 radical (unpaired) electrons. The van der Waals surface area contributed by atoms with Gasteiger partial charge in [-0.25, -0.2) is 4.98 Å². The molecule has 1 unspecified atom stereocenters. The Balaban J connectivity index is 2.43. The normalized spacial score (nSPS) is 13.1. The lowest BCUT2D eigenvalue weighted by Gasteiger charge is -2.11. The molecule has 0 saturated carbocycles. The predicted octanol–water partition coefficient (Wildman–Crippen LogP) is 0.824. The molecule has 1 aromatic rings. The smallest absolute Gasteiger partial charge is 0.204 e. The van der Waals surface area contributed by atoms with Crippen LogP contribution in [0.25, 0.3) is 0 Å². The molecular formula is C9H15Cl2N3O2. The number of halogens is 2. The molecule has 0 aromatic carbocycles. The van der Waals surface area contributed by atoms with Gasteiger partial charge in [-0.05, 0) is 11.6 Å². The number of nitrogens with zero attached hydrogens (tertiary/aromatic N) is 2. The third kappa shape index (κ3) is 3.61. The summed E-state index contributed by atoms with van der Waals surface area (Å²) in [5, 5.41) is 13.2. The molecule has 0 bridgehead atoms. The second-order valence-corrected chi connectivity index (χ2v) is 4.11. The molecule has 0 saturated heterocycles. The summed E-state index contributed by atoms with van der Waals surface area (Å²) in [4.78, 5) is 3.91. The topological polar surface area (TPSA) is 59.3 Å². The van der Waals surface area contributed by atoms with E-state index in [4.69, 9.17) is 27.9 Å². The van der Waals surface area contributed by atoms with E-state index in [-0.39, 0.29) is 0 Å². The van der Waals surface area contributed by atoms with Gasteiger partial charge in [0.15, 0.2) is 5.15 Å². The van der Waals surface area contributed by atoms with E-state index in [1.54, 1.807) is 18.7 Å². The molecule has 0 spiro atoms. The van der Waals surface area contributed by atoms with Crippen LogP contribution < -0.4 is 5.32 Å². The first-order chi connectivity index (χ1) is 7.56. The van der Waals surface area contributed by atoms with Crippen molar-refractivity contribution in [3.05, 3.63) is 16.1 Å². The average Bonchev–Trinajstić information content (AvgIpc) is 2.45. The van der Waals surface area contributed by atoms with E-state index in [2.05, 4.69) is 10.3 Å². The van der Waals surface area contributed by atoms with Gasteiger partial charge in [0.25, 0.3) is 0 Å². The van der Waals surface area contributed by atoms with E-state index in [1.165, 1.54) is 0 Å². The Bertz CT molecular complexity index is 344. The lowest BCUT2D eigenvalue weighted by Crippen LogP contribution is -2.30. The lowest BCUT2D eigenvalue weighted by atomic mass is 10.3. The maximum atomic E-state index is 9.40. The number of ether oxygens (including phenoxy) is 1. The number of aliphatic hydroxyl groups is 1. The minimum atomic E-state index is -0.535. The van der Waals surface area contributed by atoms with Crippen molar-refractivity contribution >= 4 is 23.2 Å². The first-order valence-electron chi connectivity index (χ1n) is 4.80. The van der Waals surface area contributed by atoms with Crippen LogP contribution in [0.3, 0.4) is 0 Å². The summed E-state index contributed by atoms with van der Waals surface area (Å²) in [6.45, 7) is 1.22. The fourth-order valence-corrected chi connectivity index (χ4v) is 1.77. The molecule has 92 valence electrons. The summed E-state index contributed by atoms with van der Waals surface area (Å²) in [6.07, 6.45) is -0.535. The number of imidazole rings is 1. The van der Waals surface area contributed by atoms with Crippen molar-refractivity contribution in [1.29, 1.82) is 0 Å². The molecular weight excluding hydrogens is 253 g/mol. The quantitative estimate of drug-likeness (QED) is 0.802. The van der Waals surface area contributed by atoms with Gasteiger partial charge in [0.2, 0.25) is 5.28 Å². The number of methoxy groups -OCH3 is 1. The molecule has 0 aliphatic heterocycles. The summed E-state index contributed by atoms with van der Waals surface area (Å²) < 4.78 is 6.50. The monoisotopic (exact) mass is 267 g/mol. The van der Waals surface area contributed by atoms with Gasteiger partial charge in [0.05, 0.1) is 18.4 Å². The van der Waals surface area contributed by atoms with Gasteiger partial charge in [-0.15, -0.1) is 0 Å². The Morgan fingerprint density at radius 1 is 1.56 bits per heavy atom. The minimum Gasteiger partial charge on any atom is -0.389 e. The van der Waals surface area contributed by atoms with Crippen LogP contribution in [0.4, 0.5) is 0 Å². The highest BCUT2D eigenvalue weighted by molar-refractivity contribution is 6.32. The molecule has 5 nitrogen and oxygen atoms in total. The Kier molecular flexibility index (Phi) is 5.51. The van der Waals surface area contributed by atoms with Gasteiger partial charge in [0, 0.05) is 27.2 Å². The number of rotatable bonds is 6. The number of aromatic nitrogens is 2. The van der Waals surface area contributed by atoms with Crippen molar-refractivity contribution < 1.29 is 9.84 Å². The van der Waals surface area contributed by atoms with Gasteiger partial charge >= 0.3 is 0 Å². The van der Waals surface area contributed by atoms with Gasteiger partial charge < -0.3 is 19.7 Å². The zero-order valence-electron chi connectivity index (χ0n) is 9.20. The molecule has 0 aliphatic carbocycles. The third-order valence-corrected chi connectivity index (χ3v) is 2.78. The van der Waals surface area contributed by atoms with Gasteiger partial charge in [0.1, 0.15) is 0 Å². The number of aliphatic hydroxyl groups excluding tert-OH is 1. The van der Waals surface area contributed by atoms with Crippen molar-refractivity contribution in [1.82, 2.24) is 14.9 Å². The van der Waals surface area contributed by atoms with Crippen LogP contribution in [-0.2, 0) is 18.3 Å². The second kappa shape index (κ2) is 6.42. The zero-order valence-corrected chi connectivity index (χ0v) is 10.7. The summed E-state index contributed by atoms with van der Waals surface area (Å²) in [6, 6.07) is 0. The van der Waals surface area contributed by atoms with Crippen molar-refractivity contribution in [2.45, 2.75) is 12.6 Å². The molecule has 0 fully saturated rings. The Morgan fingerprint density at radius 2 is 2.25 bits per heavy atom. The summed E-state index contributed by atoms with van der Waals surface area (Å²) in [7, 11) is 3.32. The van der Waals surface area contributed by atoms with Crippen LogP contribution in [0.1, 0.15) is 5.69 Å². The van der Waals surface area contributed by atoms with Crippen LogP contribution in [-0.4, -0.2) is 41.0 Å². The molecule has 1 atom stereocenters. The highest BCUT2D eigenvalue weighted by atomic mass is 35.5. The maximum absolute atomic E-state index is 9.40. The number of nitrogens with one attached hydrogen (secondary N) is 1. The average molecular weight is 268 g/mol. The SMILES string of the molecule is COCC(O)CNCc1c(Cl)nc(Cl)n1C. The first kappa shape index (κ1) is 13.7. The molecule has 1 aromatic heterocycles. The lowest BCUT2D eigenvalue weighted by molar-refractivity contribution is 0.0643. The minimum absolute atomic E-state index is 0.298. The van der Waals surface area contributed by atoms with Crippen LogP contribution in [0.2, 0.25) is 10.4 Å². The largest absolute Gasteiger partial charge is 0.389 e. The van der Waals surface area contributed by atoms with Gasteiger partial charge in [-0.1, -0.05) is 11.6 Å². The summed E-state index contributed by atoms with van der Waals surface area (Å²) in [5.74, 6) is 0. The summed E-state index contributed by atoms with van der Waals surface area (Å²) in [5.41, 5.74) is 0.788. The molecule has 1 rings (SSSR count). The van der Waals surface area contributed by atoms with Gasteiger partial charge in [-0.2, -0.15) is 0 Å². The van der Waals surface area contributed by atoms with Crippen LogP contribution >= 0.6 is 23.2 Å². The van der Waals surface area contributed by atoms with E-state index >= 15 is 0 Å². The molecule has 0 amide bonds. The standard InChI is InChI=1S/C9H15Cl2N3O2/c1-14-7(8(10)13-9(14)11)4-12-3-6(15)5-16-2/h6,12,15H,3-5H2,1-2H3. The fourth-order valence-electron chi connectivity index (χ4n) is 1.27. The molecule has 0 aliphatic rings. The van der Waals surface area contributed by atoms with E-state index in [0.717, 1.165) is 5.69 Å². The number of hydrogen-bond acceptors (Lipinski definition) is 4. The van der Waals surface area contributed by atoms with Crippen molar-refractivity contribution in [2.75, 3.05) is 20.3 Å².